The van der Waals surface area contributed by atoms with Crippen molar-refractivity contribution < 1.29 is 14.6 Å². The normalized spacial score (nSPS) is 14.4. The van der Waals surface area contributed by atoms with Crippen LogP contribution in [0.5, 0.6) is 5.75 Å². The summed E-state index contributed by atoms with van der Waals surface area (Å²) in [5, 5.41) is 8.87. The van der Waals surface area contributed by atoms with Crippen molar-refractivity contribution in [3.8, 4) is 5.75 Å². The molecule has 0 aromatic heterocycles. The molecular weight excluding hydrogens is 295 g/mol. The Morgan fingerprint density at radius 3 is 3.00 bits per heavy atom. The number of aryl methyl sites for hydroxylation is 1. The number of ether oxygens (including phenoxy) is 1. The second-order valence-corrected chi connectivity index (χ2v) is 4.37. The molecule has 1 aliphatic rings. The van der Waals surface area contributed by atoms with Gasteiger partial charge in [0.25, 0.3) is 0 Å². The molecule has 1 aromatic carbocycles. The molecule has 0 bridgehead atoms. The van der Waals surface area contributed by atoms with Crippen molar-refractivity contribution in [1.82, 2.24) is 0 Å². The van der Waals surface area contributed by atoms with Gasteiger partial charge in [-0.3, -0.25) is 0 Å². The number of hydrogen-bond donors (Lipinski definition) is 1. The maximum Gasteiger partial charge on any atom is 0.335 e. The Balaban J connectivity index is 2.51. The number of fused-ring (bicyclic) bond motifs is 1. The van der Waals surface area contributed by atoms with Gasteiger partial charge in [0, 0.05) is 0 Å². The smallest absolute Gasteiger partial charge is 0.335 e. The van der Waals surface area contributed by atoms with E-state index in [1.54, 1.807) is 12.1 Å². The first kappa shape index (κ1) is 9.76. The number of carbonyl (C=O) groups is 1. The Morgan fingerprint density at radius 1 is 1.50 bits per heavy atom. The topological polar surface area (TPSA) is 46.5 Å². The van der Waals surface area contributed by atoms with Gasteiger partial charge in [0.15, 0.2) is 0 Å². The van der Waals surface area contributed by atoms with E-state index in [0.717, 1.165) is 34.3 Å². The van der Waals surface area contributed by atoms with Gasteiger partial charge in [-0.2, -0.15) is 0 Å². The first-order valence-electron chi connectivity index (χ1n) is 4.37. The quantitative estimate of drug-likeness (QED) is 0.810. The summed E-state index contributed by atoms with van der Waals surface area (Å²) in [6, 6.07) is 3.35. The molecule has 4 heteroatoms. The minimum absolute atomic E-state index is 0.346. The van der Waals surface area contributed by atoms with Gasteiger partial charge >= 0.3 is 5.97 Å². The van der Waals surface area contributed by atoms with Crippen molar-refractivity contribution in [2.45, 2.75) is 12.8 Å². The molecule has 0 spiro atoms. The van der Waals surface area contributed by atoms with Gasteiger partial charge in [-0.1, -0.05) is 0 Å². The molecule has 14 heavy (non-hydrogen) atoms. The van der Waals surface area contributed by atoms with Crippen LogP contribution < -0.4 is 4.74 Å². The van der Waals surface area contributed by atoms with Crippen molar-refractivity contribution in [3.05, 3.63) is 26.8 Å². The largest absolute Gasteiger partial charge is 0.492 e. The van der Waals surface area contributed by atoms with Gasteiger partial charge in [-0.25, -0.2) is 4.79 Å². The van der Waals surface area contributed by atoms with Crippen LogP contribution in [0.3, 0.4) is 0 Å². The molecule has 0 saturated heterocycles. The Kier molecular flexibility index (Phi) is 2.62. The summed E-state index contributed by atoms with van der Waals surface area (Å²) in [7, 11) is 0. The molecule has 74 valence electrons. The minimum Gasteiger partial charge on any atom is -0.492 e. The fraction of sp³-hybridized carbons (Fsp3) is 0.300. The molecule has 1 N–H and O–H groups in total. The number of carboxylic acid groups (broad SMARTS) is 1. The molecule has 2 rings (SSSR count). The van der Waals surface area contributed by atoms with Crippen molar-refractivity contribution in [2.24, 2.45) is 0 Å². The Hall–Kier alpha value is -0.780. The Labute approximate surface area is 95.2 Å². The summed E-state index contributed by atoms with van der Waals surface area (Å²) in [5.41, 5.74) is 1.36. The van der Waals surface area contributed by atoms with Gasteiger partial charge in [0.1, 0.15) is 5.75 Å². The second-order valence-electron chi connectivity index (χ2n) is 3.20. The molecule has 0 amide bonds. The highest BCUT2D eigenvalue weighted by Crippen LogP contribution is 2.31. The van der Waals surface area contributed by atoms with E-state index >= 15 is 0 Å². The van der Waals surface area contributed by atoms with E-state index in [1.165, 1.54) is 0 Å². The number of rotatable bonds is 1. The van der Waals surface area contributed by atoms with E-state index in [1.807, 2.05) is 0 Å². The Morgan fingerprint density at radius 2 is 2.29 bits per heavy atom. The zero-order chi connectivity index (χ0) is 10.1. The van der Waals surface area contributed by atoms with E-state index in [0.29, 0.717) is 5.56 Å². The van der Waals surface area contributed by atoms with E-state index < -0.39 is 5.97 Å². The van der Waals surface area contributed by atoms with Crippen LogP contribution in [0.25, 0.3) is 0 Å². The highest BCUT2D eigenvalue weighted by Gasteiger charge is 2.16. The lowest BCUT2D eigenvalue weighted by atomic mass is 10.0. The SMILES string of the molecule is O=C(O)c1cc(I)c2c(c1)CCCO2. The predicted octanol–water partition coefficient (Wildman–Crippen LogP) is 2.31. The molecule has 0 saturated carbocycles. The number of aromatic carboxylic acids is 1. The number of carboxylic acids is 1. The summed E-state index contributed by atoms with van der Waals surface area (Å²) in [6.07, 6.45) is 1.87. The number of halogens is 1. The Bertz CT molecular complexity index is 387. The van der Waals surface area contributed by atoms with Crippen LogP contribution in [0.1, 0.15) is 22.3 Å². The van der Waals surface area contributed by atoms with Crippen molar-refractivity contribution >= 4 is 28.6 Å². The fourth-order valence-electron chi connectivity index (χ4n) is 1.56. The summed E-state index contributed by atoms with van der Waals surface area (Å²) < 4.78 is 6.37. The lowest BCUT2D eigenvalue weighted by molar-refractivity contribution is 0.0696. The highest BCUT2D eigenvalue weighted by molar-refractivity contribution is 14.1. The number of benzene rings is 1. The molecule has 0 atom stereocenters. The van der Waals surface area contributed by atoms with Crippen LogP contribution in [0.4, 0.5) is 0 Å². The van der Waals surface area contributed by atoms with Gasteiger partial charge < -0.3 is 9.84 Å². The third kappa shape index (κ3) is 1.70. The first-order valence-corrected chi connectivity index (χ1v) is 5.45. The first-order chi connectivity index (χ1) is 6.68. The molecule has 1 aromatic rings. The molecule has 1 heterocycles. The van der Waals surface area contributed by atoms with Gasteiger partial charge in [0.05, 0.1) is 15.7 Å². The minimum atomic E-state index is -0.878. The monoisotopic (exact) mass is 304 g/mol. The molecule has 0 unspecified atom stereocenters. The molecule has 3 nitrogen and oxygen atoms in total. The third-order valence-corrected chi connectivity index (χ3v) is 3.01. The lowest BCUT2D eigenvalue weighted by Crippen LogP contribution is -2.11. The molecule has 0 radical (unpaired) electrons. The van der Waals surface area contributed by atoms with Crippen LogP contribution in [0.2, 0.25) is 0 Å². The van der Waals surface area contributed by atoms with Crippen LogP contribution in [0.15, 0.2) is 12.1 Å². The fourth-order valence-corrected chi connectivity index (χ4v) is 2.40. The summed E-state index contributed by atoms with van der Waals surface area (Å²) in [5.74, 6) is -0.0156. The third-order valence-electron chi connectivity index (χ3n) is 2.20. The lowest BCUT2D eigenvalue weighted by Gasteiger charge is -2.18. The zero-order valence-corrected chi connectivity index (χ0v) is 9.58. The average molecular weight is 304 g/mol. The molecule has 0 fully saturated rings. The maximum atomic E-state index is 10.8. The van der Waals surface area contributed by atoms with Crippen LogP contribution in [-0.2, 0) is 6.42 Å². The van der Waals surface area contributed by atoms with Crippen molar-refractivity contribution in [3.63, 3.8) is 0 Å². The molecular formula is C10H9IO3. The predicted molar refractivity (Wildman–Crippen MR) is 59.9 cm³/mol. The van der Waals surface area contributed by atoms with E-state index in [-0.39, 0.29) is 0 Å². The van der Waals surface area contributed by atoms with E-state index in [4.69, 9.17) is 9.84 Å². The van der Waals surface area contributed by atoms with Crippen molar-refractivity contribution in [2.75, 3.05) is 6.61 Å². The maximum absolute atomic E-state index is 10.8. The summed E-state index contributed by atoms with van der Waals surface area (Å²) in [4.78, 5) is 10.8. The zero-order valence-electron chi connectivity index (χ0n) is 7.42. The summed E-state index contributed by atoms with van der Waals surface area (Å²) in [6.45, 7) is 0.732. The van der Waals surface area contributed by atoms with Gasteiger partial charge in [-0.05, 0) is 53.1 Å². The van der Waals surface area contributed by atoms with Gasteiger partial charge in [0.2, 0.25) is 0 Å². The van der Waals surface area contributed by atoms with E-state index in [9.17, 15) is 4.79 Å². The summed E-state index contributed by atoms with van der Waals surface area (Å²) >= 11 is 2.11. The van der Waals surface area contributed by atoms with Gasteiger partial charge in [-0.15, -0.1) is 0 Å². The van der Waals surface area contributed by atoms with Crippen LogP contribution >= 0.6 is 22.6 Å². The van der Waals surface area contributed by atoms with Crippen LogP contribution in [-0.4, -0.2) is 17.7 Å². The molecule has 0 aliphatic carbocycles. The highest BCUT2D eigenvalue weighted by atomic mass is 127. The molecule has 1 aliphatic heterocycles. The number of hydrogen-bond acceptors (Lipinski definition) is 2. The van der Waals surface area contributed by atoms with Crippen molar-refractivity contribution in [1.29, 1.82) is 0 Å². The second kappa shape index (κ2) is 3.76. The van der Waals surface area contributed by atoms with E-state index in [2.05, 4.69) is 22.6 Å². The standard InChI is InChI=1S/C10H9IO3/c11-8-5-7(10(12)13)4-6-2-1-3-14-9(6)8/h4-5H,1-3H2,(H,12,13). The average Bonchev–Trinajstić information content (AvgIpc) is 2.17. The van der Waals surface area contributed by atoms with Crippen LogP contribution in [0, 0.1) is 3.57 Å².